The van der Waals surface area contributed by atoms with Crippen LogP contribution in [0.15, 0.2) is 0 Å². The Balaban J connectivity index is 2.26. The van der Waals surface area contributed by atoms with Crippen LogP contribution in [-0.4, -0.2) is 98.7 Å². The van der Waals surface area contributed by atoms with Crippen LogP contribution in [0.4, 0.5) is 0 Å². The van der Waals surface area contributed by atoms with Crippen LogP contribution in [0.5, 0.6) is 0 Å². The molecular formula is C52H103NO9. The molecule has 370 valence electrons. The molecule has 1 saturated heterocycles. The minimum absolute atomic E-state index is 0.251. The monoisotopic (exact) mass is 886 g/mol. The van der Waals surface area contributed by atoms with E-state index in [0.717, 1.165) is 38.5 Å². The molecule has 1 fully saturated rings. The van der Waals surface area contributed by atoms with E-state index in [4.69, 9.17) is 9.47 Å². The lowest BCUT2D eigenvalue weighted by Gasteiger charge is -2.40. The van der Waals surface area contributed by atoms with E-state index in [1.807, 2.05) is 0 Å². The molecule has 0 bridgehead atoms. The Kier molecular flexibility index (Phi) is 40.8. The molecule has 1 amide bonds. The van der Waals surface area contributed by atoms with Crippen LogP contribution in [0.3, 0.4) is 0 Å². The molecule has 0 unspecified atom stereocenters. The second-order valence-electron chi connectivity index (χ2n) is 19.2. The van der Waals surface area contributed by atoms with Crippen LogP contribution in [-0.2, 0) is 14.3 Å². The van der Waals surface area contributed by atoms with Crippen LogP contribution >= 0.6 is 0 Å². The van der Waals surface area contributed by atoms with Gasteiger partial charge in [0.05, 0.1) is 25.4 Å². The van der Waals surface area contributed by atoms with Gasteiger partial charge in [0, 0.05) is 6.42 Å². The fourth-order valence-corrected chi connectivity index (χ4v) is 8.97. The maximum absolute atomic E-state index is 13.1. The molecular weight excluding hydrogens is 783 g/mol. The number of aliphatic hydroxyl groups excluding tert-OH is 6. The van der Waals surface area contributed by atoms with Crippen LogP contribution in [0.1, 0.15) is 264 Å². The maximum Gasteiger partial charge on any atom is 0.220 e. The first kappa shape index (κ1) is 59.2. The van der Waals surface area contributed by atoms with Crippen molar-refractivity contribution in [2.75, 3.05) is 13.2 Å². The van der Waals surface area contributed by atoms with Gasteiger partial charge in [-0.05, 0) is 12.8 Å². The standard InChI is InChI=1S/C52H103NO9/c1-3-5-7-9-11-13-15-17-19-20-21-22-23-24-25-26-27-29-31-33-35-37-39-41-47(56)53-44(43-61-52-51(60)50(59)49(58)46(42-54)62-52)48(57)45(55)40-38-36-34-32-30-28-18-16-14-12-10-8-6-4-2/h44-46,48-52,54-55,57-60H,3-43H2,1-2H3,(H,53,56)/t44-,45+,46+,48-,49-,50-,51+,52-/m0/s1. The van der Waals surface area contributed by atoms with Gasteiger partial charge >= 0.3 is 0 Å². The summed E-state index contributed by atoms with van der Waals surface area (Å²) >= 11 is 0. The first-order valence-corrected chi connectivity index (χ1v) is 26.8. The second-order valence-corrected chi connectivity index (χ2v) is 19.2. The largest absolute Gasteiger partial charge is 0.394 e. The number of ether oxygens (including phenoxy) is 2. The van der Waals surface area contributed by atoms with Crippen molar-refractivity contribution in [1.29, 1.82) is 0 Å². The molecule has 0 aliphatic carbocycles. The molecule has 0 spiro atoms. The van der Waals surface area contributed by atoms with Crippen molar-refractivity contribution in [2.24, 2.45) is 0 Å². The average Bonchev–Trinajstić information content (AvgIpc) is 3.27. The molecule has 0 saturated carbocycles. The summed E-state index contributed by atoms with van der Waals surface area (Å²) in [6.45, 7) is 3.64. The Morgan fingerprint density at radius 3 is 1.19 bits per heavy atom. The lowest BCUT2D eigenvalue weighted by Crippen LogP contribution is -2.60. The van der Waals surface area contributed by atoms with E-state index in [-0.39, 0.29) is 18.9 Å². The number of aliphatic hydroxyl groups is 6. The number of nitrogens with one attached hydrogen (secondary N) is 1. The van der Waals surface area contributed by atoms with E-state index in [1.54, 1.807) is 0 Å². The van der Waals surface area contributed by atoms with E-state index in [2.05, 4.69) is 19.2 Å². The summed E-state index contributed by atoms with van der Waals surface area (Å²) in [6.07, 6.45) is 38.3. The average molecular weight is 886 g/mol. The summed E-state index contributed by atoms with van der Waals surface area (Å²) in [5.41, 5.74) is 0. The van der Waals surface area contributed by atoms with E-state index in [0.29, 0.717) is 6.42 Å². The first-order chi connectivity index (χ1) is 30.3. The van der Waals surface area contributed by atoms with E-state index in [9.17, 15) is 35.4 Å². The van der Waals surface area contributed by atoms with Gasteiger partial charge < -0.3 is 45.4 Å². The highest BCUT2D eigenvalue weighted by molar-refractivity contribution is 5.76. The zero-order valence-electron chi connectivity index (χ0n) is 40.5. The van der Waals surface area contributed by atoms with Gasteiger partial charge in [-0.1, -0.05) is 245 Å². The summed E-state index contributed by atoms with van der Waals surface area (Å²) in [5.74, 6) is -0.251. The summed E-state index contributed by atoms with van der Waals surface area (Å²) in [6, 6.07) is -0.985. The number of amides is 1. The molecule has 1 aliphatic rings. The summed E-state index contributed by atoms with van der Waals surface area (Å²) in [7, 11) is 0. The molecule has 10 nitrogen and oxygen atoms in total. The molecule has 1 aliphatic heterocycles. The van der Waals surface area contributed by atoms with Crippen molar-refractivity contribution in [1.82, 2.24) is 5.32 Å². The minimum Gasteiger partial charge on any atom is -0.394 e. The zero-order valence-corrected chi connectivity index (χ0v) is 40.5. The van der Waals surface area contributed by atoms with Crippen LogP contribution in [0.2, 0.25) is 0 Å². The third-order valence-electron chi connectivity index (χ3n) is 13.3. The van der Waals surface area contributed by atoms with Gasteiger partial charge in [0.2, 0.25) is 5.91 Å². The smallest absolute Gasteiger partial charge is 0.220 e. The van der Waals surface area contributed by atoms with E-state index in [1.165, 1.54) is 199 Å². The van der Waals surface area contributed by atoms with Crippen LogP contribution < -0.4 is 5.32 Å². The van der Waals surface area contributed by atoms with Gasteiger partial charge in [0.15, 0.2) is 6.29 Å². The minimum atomic E-state index is -1.60. The Hall–Kier alpha value is -0.850. The van der Waals surface area contributed by atoms with Gasteiger partial charge in [-0.25, -0.2) is 0 Å². The highest BCUT2D eigenvalue weighted by atomic mass is 16.7. The molecule has 1 rings (SSSR count). The van der Waals surface area contributed by atoms with Crippen molar-refractivity contribution in [3.8, 4) is 0 Å². The molecule has 10 heteroatoms. The molecule has 0 aromatic carbocycles. The third kappa shape index (κ3) is 31.9. The highest BCUT2D eigenvalue weighted by Crippen LogP contribution is 2.23. The van der Waals surface area contributed by atoms with Gasteiger partial charge in [-0.2, -0.15) is 0 Å². The summed E-state index contributed by atoms with van der Waals surface area (Å²) in [4.78, 5) is 13.1. The summed E-state index contributed by atoms with van der Waals surface area (Å²) in [5, 5.41) is 65.4. The lowest BCUT2D eigenvalue weighted by atomic mass is 9.98. The molecule has 0 aromatic heterocycles. The summed E-state index contributed by atoms with van der Waals surface area (Å²) < 4.78 is 11.2. The van der Waals surface area contributed by atoms with Crippen LogP contribution in [0, 0.1) is 0 Å². The SMILES string of the molecule is CCCCCCCCCCCCCCCCCCCCCCCCCC(=O)N[C@@H](CO[C@H]1O[C@H](CO)[C@H](O)[C@H](O)[C@H]1O)[C@H](O)[C@H](O)CCCCCCCCCCCCCCCC. The van der Waals surface area contributed by atoms with Crippen molar-refractivity contribution >= 4 is 5.91 Å². The lowest BCUT2D eigenvalue weighted by molar-refractivity contribution is -0.303. The van der Waals surface area contributed by atoms with Gasteiger partial charge in [-0.15, -0.1) is 0 Å². The van der Waals surface area contributed by atoms with Gasteiger partial charge in [-0.3, -0.25) is 4.79 Å². The molecule has 8 atom stereocenters. The number of rotatable bonds is 46. The number of carbonyl (C=O) groups is 1. The molecule has 1 heterocycles. The predicted octanol–water partition coefficient (Wildman–Crippen LogP) is 11.3. The topological polar surface area (TPSA) is 169 Å². The highest BCUT2D eigenvalue weighted by Gasteiger charge is 2.44. The Labute approximate surface area is 381 Å². The van der Waals surface area contributed by atoms with E-state index < -0.39 is 55.6 Å². The molecule has 62 heavy (non-hydrogen) atoms. The number of carbonyl (C=O) groups excluding carboxylic acids is 1. The molecule has 0 aromatic rings. The van der Waals surface area contributed by atoms with Crippen molar-refractivity contribution in [2.45, 2.75) is 313 Å². The van der Waals surface area contributed by atoms with Crippen molar-refractivity contribution < 1.29 is 44.9 Å². The fraction of sp³-hybridized carbons (Fsp3) is 0.981. The predicted molar refractivity (Wildman–Crippen MR) is 255 cm³/mol. The first-order valence-electron chi connectivity index (χ1n) is 26.8. The number of unbranched alkanes of at least 4 members (excludes halogenated alkanes) is 35. The van der Waals surface area contributed by atoms with E-state index >= 15 is 0 Å². The van der Waals surface area contributed by atoms with Crippen LogP contribution in [0.25, 0.3) is 0 Å². The molecule has 0 radical (unpaired) electrons. The Bertz CT molecular complexity index is 957. The second kappa shape index (κ2) is 42.8. The third-order valence-corrected chi connectivity index (χ3v) is 13.3. The van der Waals surface area contributed by atoms with Crippen molar-refractivity contribution in [3.63, 3.8) is 0 Å². The Morgan fingerprint density at radius 1 is 0.500 bits per heavy atom. The Morgan fingerprint density at radius 2 is 0.839 bits per heavy atom. The number of hydrogen-bond acceptors (Lipinski definition) is 9. The quantitative estimate of drug-likeness (QED) is 0.0294. The number of hydrogen-bond donors (Lipinski definition) is 7. The normalized spacial score (nSPS) is 20.7. The van der Waals surface area contributed by atoms with Gasteiger partial charge in [0.1, 0.15) is 30.5 Å². The van der Waals surface area contributed by atoms with Crippen molar-refractivity contribution in [3.05, 3.63) is 0 Å². The maximum atomic E-state index is 13.1. The molecule has 7 N–H and O–H groups in total. The fourth-order valence-electron chi connectivity index (χ4n) is 8.97. The van der Waals surface area contributed by atoms with Gasteiger partial charge in [0.25, 0.3) is 0 Å². The zero-order chi connectivity index (χ0) is 45.3.